The number of likely N-dealkylation sites (tertiary alicyclic amines) is 1. The fourth-order valence-corrected chi connectivity index (χ4v) is 3.56. The van der Waals surface area contributed by atoms with E-state index in [0.29, 0.717) is 16.4 Å². The minimum Gasteiger partial charge on any atom is -0.391 e. The fraction of sp³-hybridized carbons (Fsp3) is 0.182. The van der Waals surface area contributed by atoms with E-state index in [1.807, 2.05) is 12.1 Å². The number of halogens is 1. The van der Waals surface area contributed by atoms with Crippen LogP contribution < -0.4 is 10.6 Å². The number of hydrogen-bond acceptors (Lipinski definition) is 5. The van der Waals surface area contributed by atoms with E-state index in [-0.39, 0.29) is 18.9 Å². The number of aliphatic hydroxyl groups is 1. The summed E-state index contributed by atoms with van der Waals surface area (Å²) in [5, 5.41) is 16.2. The number of nitrogens with one attached hydrogen (secondary N) is 2. The lowest BCUT2D eigenvalue weighted by Gasteiger charge is -2.24. The topological polar surface area (TPSA) is 107 Å². The molecule has 0 bridgehead atoms. The van der Waals surface area contributed by atoms with Crippen LogP contribution >= 0.6 is 11.6 Å². The molecule has 2 atom stereocenters. The first-order chi connectivity index (χ1) is 15.0. The number of aromatic nitrogens is 2. The first-order valence-electron chi connectivity index (χ1n) is 9.67. The van der Waals surface area contributed by atoms with Crippen molar-refractivity contribution in [3.05, 3.63) is 72.3 Å². The Bertz CT molecular complexity index is 1060. The zero-order valence-corrected chi connectivity index (χ0v) is 17.2. The van der Waals surface area contributed by atoms with Crippen LogP contribution in [-0.4, -0.2) is 50.6 Å². The molecule has 4 rings (SSSR count). The monoisotopic (exact) mass is 437 g/mol. The third kappa shape index (κ3) is 4.99. The Labute approximate surface area is 183 Å². The minimum absolute atomic E-state index is 0.0739. The summed E-state index contributed by atoms with van der Waals surface area (Å²) in [5.74, 6) is -0.362. The van der Waals surface area contributed by atoms with Crippen LogP contribution in [0.5, 0.6) is 0 Å². The normalized spacial score (nSPS) is 17.9. The summed E-state index contributed by atoms with van der Waals surface area (Å²) < 4.78 is 0. The highest BCUT2D eigenvalue weighted by atomic mass is 35.5. The molecule has 0 saturated carbocycles. The Morgan fingerprint density at radius 3 is 2.23 bits per heavy atom. The number of nitrogens with zero attached hydrogens (tertiary/aromatic N) is 3. The van der Waals surface area contributed by atoms with Crippen LogP contribution in [0.2, 0.25) is 5.02 Å². The molecule has 0 radical (unpaired) electrons. The zero-order chi connectivity index (χ0) is 21.8. The molecule has 2 heterocycles. The Morgan fingerprint density at radius 1 is 0.935 bits per heavy atom. The number of amides is 3. The van der Waals surface area contributed by atoms with Gasteiger partial charge in [0.25, 0.3) is 0 Å². The molecule has 9 heteroatoms. The van der Waals surface area contributed by atoms with Crippen LogP contribution in [0.3, 0.4) is 0 Å². The number of carbonyl (C=O) groups is 2. The Hall–Kier alpha value is -3.49. The summed E-state index contributed by atoms with van der Waals surface area (Å²) in [7, 11) is 0. The summed E-state index contributed by atoms with van der Waals surface area (Å²) in [6, 6.07) is 12.6. The average molecular weight is 438 g/mol. The van der Waals surface area contributed by atoms with Gasteiger partial charge in [0.2, 0.25) is 5.91 Å². The van der Waals surface area contributed by atoms with E-state index < -0.39 is 18.2 Å². The molecule has 158 valence electrons. The molecule has 1 aliphatic heterocycles. The van der Waals surface area contributed by atoms with Gasteiger partial charge in [-0.25, -0.2) is 14.8 Å². The number of β-amino-alcohol motifs (C(OH)–C–C–N with tert-alkyl or cyclic N) is 1. The SMILES string of the molecule is O=C(Nc1ccc(-c2cncnc2)cc1)C1CC(O)CN1C(=O)Nc1ccc(Cl)cc1. The molecular formula is C22H20ClN5O3. The third-order valence-corrected chi connectivity index (χ3v) is 5.24. The van der Waals surface area contributed by atoms with Gasteiger partial charge in [0, 0.05) is 47.3 Å². The number of hydrogen-bond donors (Lipinski definition) is 3. The van der Waals surface area contributed by atoms with Gasteiger partial charge in [-0.3, -0.25) is 4.79 Å². The van der Waals surface area contributed by atoms with Crippen molar-refractivity contribution in [2.75, 3.05) is 17.2 Å². The van der Waals surface area contributed by atoms with Gasteiger partial charge in [0.15, 0.2) is 0 Å². The predicted octanol–water partition coefficient (Wildman–Crippen LogP) is 3.40. The van der Waals surface area contributed by atoms with E-state index in [9.17, 15) is 14.7 Å². The van der Waals surface area contributed by atoms with Gasteiger partial charge >= 0.3 is 6.03 Å². The van der Waals surface area contributed by atoms with Gasteiger partial charge in [-0.1, -0.05) is 23.7 Å². The Balaban J connectivity index is 1.42. The Kier molecular flexibility index (Phi) is 6.11. The van der Waals surface area contributed by atoms with Gasteiger partial charge in [-0.2, -0.15) is 0 Å². The molecule has 31 heavy (non-hydrogen) atoms. The van der Waals surface area contributed by atoms with E-state index in [0.717, 1.165) is 11.1 Å². The lowest BCUT2D eigenvalue weighted by Crippen LogP contribution is -2.45. The van der Waals surface area contributed by atoms with Crippen LogP contribution in [0.25, 0.3) is 11.1 Å². The lowest BCUT2D eigenvalue weighted by atomic mass is 10.1. The van der Waals surface area contributed by atoms with Crippen molar-refractivity contribution < 1.29 is 14.7 Å². The number of benzene rings is 2. The first kappa shape index (κ1) is 20.8. The van der Waals surface area contributed by atoms with Crippen molar-refractivity contribution in [1.82, 2.24) is 14.9 Å². The molecule has 3 amide bonds. The van der Waals surface area contributed by atoms with Crippen LogP contribution in [-0.2, 0) is 4.79 Å². The summed E-state index contributed by atoms with van der Waals surface area (Å²) in [6.45, 7) is 0.0739. The molecule has 1 aromatic heterocycles. The first-order valence-corrected chi connectivity index (χ1v) is 10.0. The molecule has 1 saturated heterocycles. The maximum absolute atomic E-state index is 12.8. The number of anilines is 2. The number of carbonyl (C=O) groups excluding carboxylic acids is 2. The molecule has 1 fully saturated rings. The highest BCUT2D eigenvalue weighted by molar-refractivity contribution is 6.30. The number of urea groups is 1. The largest absolute Gasteiger partial charge is 0.391 e. The van der Waals surface area contributed by atoms with Gasteiger partial charge in [-0.05, 0) is 42.0 Å². The van der Waals surface area contributed by atoms with E-state index in [1.54, 1.807) is 48.8 Å². The van der Waals surface area contributed by atoms with Gasteiger partial charge in [-0.15, -0.1) is 0 Å². The van der Waals surface area contributed by atoms with E-state index in [2.05, 4.69) is 20.6 Å². The zero-order valence-electron chi connectivity index (χ0n) is 16.4. The maximum atomic E-state index is 12.8. The Morgan fingerprint density at radius 2 is 1.55 bits per heavy atom. The second kappa shape index (κ2) is 9.11. The van der Waals surface area contributed by atoms with Crippen LogP contribution in [0.15, 0.2) is 67.3 Å². The molecule has 2 unspecified atom stereocenters. The number of rotatable bonds is 4. The third-order valence-electron chi connectivity index (χ3n) is 4.98. The van der Waals surface area contributed by atoms with Crippen LogP contribution in [0, 0.1) is 0 Å². The maximum Gasteiger partial charge on any atom is 0.322 e. The van der Waals surface area contributed by atoms with Crippen molar-refractivity contribution >= 4 is 34.9 Å². The van der Waals surface area contributed by atoms with Crippen molar-refractivity contribution in [1.29, 1.82) is 0 Å². The summed E-state index contributed by atoms with van der Waals surface area (Å²) in [4.78, 5) is 34.9. The van der Waals surface area contributed by atoms with E-state index >= 15 is 0 Å². The van der Waals surface area contributed by atoms with E-state index in [4.69, 9.17) is 11.6 Å². The molecular weight excluding hydrogens is 418 g/mol. The molecule has 2 aromatic carbocycles. The molecule has 8 nitrogen and oxygen atoms in total. The molecule has 1 aliphatic rings. The van der Waals surface area contributed by atoms with Gasteiger partial charge in [0.05, 0.1) is 6.10 Å². The summed E-state index contributed by atoms with van der Waals surface area (Å²) >= 11 is 5.87. The van der Waals surface area contributed by atoms with Gasteiger partial charge < -0.3 is 20.6 Å². The van der Waals surface area contributed by atoms with Crippen LogP contribution in [0.1, 0.15) is 6.42 Å². The van der Waals surface area contributed by atoms with Crippen molar-refractivity contribution in [2.45, 2.75) is 18.6 Å². The van der Waals surface area contributed by atoms with Crippen LogP contribution in [0.4, 0.5) is 16.2 Å². The molecule has 3 N–H and O–H groups in total. The van der Waals surface area contributed by atoms with Crippen molar-refractivity contribution in [3.8, 4) is 11.1 Å². The molecule has 3 aromatic rings. The predicted molar refractivity (Wildman–Crippen MR) is 118 cm³/mol. The second-order valence-corrected chi connectivity index (χ2v) is 7.62. The quantitative estimate of drug-likeness (QED) is 0.579. The number of aliphatic hydroxyl groups excluding tert-OH is 1. The fourth-order valence-electron chi connectivity index (χ4n) is 3.44. The van der Waals surface area contributed by atoms with Gasteiger partial charge in [0.1, 0.15) is 12.4 Å². The smallest absolute Gasteiger partial charge is 0.322 e. The average Bonchev–Trinajstić information content (AvgIpc) is 3.18. The summed E-state index contributed by atoms with van der Waals surface area (Å²) in [6.07, 6.45) is 4.27. The minimum atomic E-state index is -0.787. The second-order valence-electron chi connectivity index (χ2n) is 7.19. The summed E-state index contributed by atoms with van der Waals surface area (Å²) in [5.41, 5.74) is 2.92. The standard InChI is InChI=1S/C22H20ClN5O3/c23-16-3-7-18(8-4-16)27-22(31)28-12-19(29)9-20(28)21(30)26-17-5-1-14(2-6-17)15-10-24-13-25-11-15/h1-8,10-11,13,19-20,29H,9,12H2,(H,26,30)(H,27,31). The van der Waals surface area contributed by atoms with Crippen molar-refractivity contribution in [2.24, 2.45) is 0 Å². The molecule has 0 spiro atoms. The highest BCUT2D eigenvalue weighted by Gasteiger charge is 2.39. The molecule has 0 aliphatic carbocycles. The van der Waals surface area contributed by atoms with E-state index in [1.165, 1.54) is 11.2 Å². The lowest BCUT2D eigenvalue weighted by molar-refractivity contribution is -0.119. The highest BCUT2D eigenvalue weighted by Crippen LogP contribution is 2.23. The van der Waals surface area contributed by atoms with Crippen molar-refractivity contribution in [3.63, 3.8) is 0 Å².